The highest BCUT2D eigenvalue weighted by molar-refractivity contribution is 6.03. The maximum absolute atomic E-state index is 11.3. The maximum Gasteiger partial charge on any atom is 0.163 e. The fourth-order valence-corrected chi connectivity index (χ4v) is 6.83. The molecule has 8 nitrogen and oxygen atoms in total. The lowest BCUT2D eigenvalue weighted by Gasteiger charge is -2.58. The van der Waals surface area contributed by atoms with Crippen molar-refractivity contribution < 1.29 is 19.7 Å². The minimum absolute atomic E-state index is 0.0432. The summed E-state index contributed by atoms with van der Waals surface area (Å²) in [6, 6.07) is 3.91. The highest BCUT2D eigenvalue weighted by Gasteiger charge is 2.53. The van der Waals surface area contributed by atoms with E-state index in [0.717, 1.165) is 38.8 Å². The molecule has 0 amide bonds. The van der Waals surface area contributed by atoms with E-state index in [4.69, 9.17) is 9.47 Å². The van der Waals surface area contributed by atoms with E-state index in [0.29, 0.717) is 29.9 Å². The summed E-state index contributed by atoms with van der Waals surface area (Å²) in [5.74, 6) is 1.50. The van der Waals surface area contributed by atoms with E-state index in [9.17, 15) is 15.5 Å². The van der Waals surface area contributed by atoms with Crippen molar-refractivity contribution in [3.05, 3.63) is 40.1 Å². The molecule has 176 valence electrons. The Morgan fingerprint density at radius 1 is 1.09 bits per heavy atom. The third kappa shape index (κ3) is 2.35. The molecule has 3 aliphatic heterocycles. The highest BCUT2D eigenvalue weighted by Crippen LogP contribution is 2.55. The molecule has 1 unspecified atom stereocenters. The molecule has 6 rings (SSSR count). The number of fused-ring (bicyclic) bond motifs is 7. The number of likely N-dealkylation sites (N-methyl/N-ethyl adjacent to an activating group) is 1. The SMILES string of the molecule is COc1c(C)cc2c(c1O)[C@@H]1C3Cc4c(O)c(C)c(OC)c5[nH]cc(c45)N3[C@@H](C#N)[C@H](C2)N1C. The number of rotatable bonds is 2. The summed E-state index contributed by atoms with van der Waals surface area (Å²) in [4.78, 5) is 7.78. The zero-order valence-electron chi connectivity index (χ0n) is 19.9. The molecule has 1 fully saturated rings. The number of nitrogens with one attached hydrogen (secondary N) is 1. The first-order valence-corrected chi connectivity index (χ1v) is 11.5. The standard InChI is InChI=1S/C26H28N4O4/c1-11-6-13-7-15-17(9-27)30-16(22(29(15)3)19(13)24(32)25(11)33-4)8-14-20-18(30)10-28-21(20)26(34-5)12(2)23(14)31/h6,10,15-17,22,28,31-32H,7-8H2,1-5H3/t15-,16?,17-,22-/m0/s1. The Kier molecular flexibility index (Phi) is 4.30. The van der Waals surface area contributed by atoms with Gasteiger partial charge in [-0.05, 0) is 44.9 Å². The first kappa shape index (κ1) is 21.0. The number of benzene rings is 2. The molecule has 4 heterocycles. The van der Waals surface area contributed by atoms with Gasteiger partial charge in [-0.3, -0.25) is 4.90 Å². The Labute approximate surface area is 197 Å². The summed E-state index contributed by atoms with van der Waals surface area (Å²) in [7, 11) is 5.21. The number of nitrogens with zero attached hydrogens (tertiary/aromatic N) is 3. The number of aromatic amines is 1. The van der Waals surface area contributed by atoms with Gasteiger partial charge in [0, 0.05) is 34.3 Å². The van der Waals surface area contributed by atoms with Crippen LogP contribution >= 0.6 is 0 Å². The van der Waals surface area contributed by atoms with Crippen LogP contribution in [0.15, 0.2) is 12.3 Å². The van der Waals surface area contributed by atoms with E-state index in [2.05, 4.69) is 26.9 Å². The van der Waals surface area contributed by atoms with Crippen molar-refractivity contribution in [1.29, 1.82) is 5.26 Å². The van der Waals surface area contributed by atoms with Gasteiger partial charge < -0.3 is 29.6 Å². The molecular formula is C26H28N4O4. The molecular weight excluding hydrogens is 432 g/mol. The second-order valence-corrected chi connectivity index (χ2v) is 9.69. The third-order valence-electron chi connectivity index (χ3n) is 8.24. The van der Waals surface area contributed by atoms with Crippen LogP contribution in [-0.4, -0.2) is 59.5 Å². The van der Waals surface area contributed by atoms with E-state index < -0.39 is 0 Å². The van der Waals surface area contributed by atoms with Crippen molar-refractivity contribution in [1.82, 2.24) is 9.88 Å². The fourth-order valence-electron chi connectivity index (χ4n) is 6.83. The quantitative estimate of drug-likeness (QED) is 0.538. The zero-order valence-corrected chi connectivity index (χ0v) is 19.9. The number of aromatic nitrogens is 1. The summed E-state index contributed by atoms with van der Waals surface area (Å²) in [6.45, 7) is 3.79. The van der Waals surface area contributed by atoms with Crippen LogP contribution in [0.5, 0.6) is 23.0 Å². The van der Waals surface area contributed by atoms with Gasteiger partial charge in [-0.1, -0.05) is 6.07 Å². The van der Waals surface area contributed by atoms with Crippen molar-refractivity contribution in [2.75, 3.05) is 26.2 Å². The number of hydrogen-bond acceptors (Lipinski definition) is 7. The van der Waals surface area contributed by atoms with Gasteiger partial charge in [0.25, 0.3) is 0 Å². The first-order chi connectivity index (χ1) is 16.3. The number of aryl methyl sites for hydroxylation is 1. The molecule has 34 heavy (non-hydrogen) atoms. The van der Waals surface area contributed by atoms with Crippen LogP contribution in [0.4, 0.5) is 5.69 Å². The van der Waals surface area contributed by atoms with E-state index in [1.165, 1.54) is 0 Å². The van der Waals surface area contributed by atoms with Crippen LogP contribution < -0.4 is 14.4 Å². The molecule has 0 spiro atoms. The van der Waals surface area contributed by atoms with Gasteiger partial charge in [0.05, 0.1) is 43.6 Å². The number of phenols is 2. The van der Waals surface area contributed by atoms with Crippen LogP contribution in [0.25, 0.3) is 10.9 Å². The number of piperazine rings is 1. The van der Waals surface area contributed by atoms with Gasteiger partial charge in [-0.2, -0.15) is 5.26 Å². The number of aromatic hydroxyl groups is 2. The van der Waals surface area contributed by atoms with E-state index >= 15 is 0 Å². The van der Waals surface area contributed by atoms with Gasteiger partial charge >= 0.3 is 0 Å². The van der Waals surface area contributed by atoms with E-state index in [-0.39, 0.29) is 35.7 Å². The van der Waals surface area contributed by atoms with Crippen LogP contribution in [-0.2, 0) is 12.8 Å². The number of H-pyrrole nitrogens is 1. The van der Waals surface area contributed by atoms with E-state index in [1.54, 1.807) is 14.2 Å². The van der Waals surface area contributed by atoms with Crippen LogP contribution in [0.1, 0.15) is 33.9 Å². The van der Waals surface area contributed by atoms with Crippen LogP contribution in [0.3, 0.4) is 0 Å². The van der Waals surface area contributed by atoms with Gasteiger partial charge in [0.15, 0.2) is 11.5 Å². The Morgan fingerprint density at radius 2 is 1.82 bits per heavy atom. The van der Waals surface area contributed by atoms with E-state index in [1.807, 2.05) is 27.1 Å². The molecule has 0 radical (unpaired) electrons. The number of phenolic OH excluding ortho intramolecular Hbond substituents is 2. The lowest BCUT2D eigenvalue weighted by Crippen LogP contribution is -2.67. The monoisotopic (exact) mass is 460 g/mol. The minimum Gasteiger partial charge on any atom is -0.507 e. The number of ether oxygens (including phenoxy) is 2. The summed E-state index contributed by atoms with van der Waals surface area (Å²) in [5, 5.41) is 33.8. The largest absolute Gasteiger partial charge is 0.507 e. The van der Waals surface area contributed by atoms with Crippen molar-refractivity contribution in [3.63, 3.8) is 0 Å². The molecule has 1 aromatic heterocycles. The number of nitriles is 1. The predicted molar refractivity (Wildman–Crippen MR) is 128 cm³/mol. The Balaban J connectivity index is 1.63. The molecule has 1 saturated heterocycles. The lowest BCUT2D eigenvalue weighted by atomic mass is 9.73. The average Bonchev–Trinajstić information content (AvgIpc) is 3.24. The van der Waals surface area contributed by atoms with Crippen molar-refractivity contribution in [3.8, 4) is 29.1 Å². The second kappa shape index (κ2) is 6.97. The van der Waals surface area contributed by atoms with Gasteiger partial charge in [-0.15, -0.1) is 0 Å². The molecule has 3 aliphatic rings. The molecule has 3 N–H and O–H groups in total. The molecule has 3 aromatic rings. The van der Waals surface area contributed by atoms with Crippen molar-refractivity contribution in [2.45, 2.75) is 50.9 Å². The molecule has 4 atom stereocenters. The van der Waals surface area contributed by atoms with Gasteiger partial charge in [0.1, 0.15) is 17.5 Å². The molecule has 0 aliphatic carbocycles. The normalized spacial score (nSPS) is 25.0. The summed E-state index contributed by atoms with van der Waals surface area (Å²) >= 11 is 0. The first-order valence-electron chi connectivity index (χ1n) is 11.5. The average molecular weight is 461 g/mol. The number of hydrogen-bond donors (Lipinski definition) is 3. The predicted octanol–water partition coefficient (Wildman–Crippen LogP) is 3.45. The van der Waals surface area contributed by atoms with Gasteiger partial charge in [-0.25, -0.2) is 0 Å². The Hall–Kier alpha value is -3.57. The highest BCUT2D eigenvalue weighted by atomic mass is 16.5. The van der Waals surface area contributed by atoms with Gasteiger partial charge in [0.2, 0.25) is 0 Å². The summed E-state index contributed by atoms with van der Waals surface area (Å²) in [5.41, 5.74) is 6.06. The topological polar surface area (TPSA) is 105 Å². The Bertz CT molecular complexity index is 1400. The zero-order chi connectivity index (χ0) is 24.0. The number of anilines is 1. The Morgan fingerprint density at radius 3 is 2.50 bits per heavy atom. The third-order valence-corrected chi connectivity index (χ3v) is 8.24. The van der Waals surface area contributed by atoms with Crippen LogP contribution in [0.2, 0.25) is 0 Å². The summed E-state index contributed by atoms with van der Waals surface area (Å²) < 4.78 is 11.2. The minimum atomic E-state index is -0.384. The molecule has 8 heteroatoms. The maximum atomic E-state index is 11.3. The lowest BCUT2D eigenvalue weighted by molar-refractivity contribution is 0.0759. The smallest absolute Gasteiger partial charge is 0.163 e. The molecule has 2 bridgehead atoms. The molecule has 2 aromatic carbocycles. The van der Waals surface area contributed by atoms with Crippen LogP contribution in [0, 0.1) is 25.2 Å². The second-order valence-electron chi connectivity index (χ2n) is 9.69. The van der Waals surface area contributed by atoms with Crippen molar-refractivity contribution >= 4 is 16.6 Å². The number of methoxy groups -OCH3 is 2. The molecule has 0 saturated carbocycles. The fraction of sp³-hybridized carbons (Fsp3) is 0.423. The summed E-state index contributed by atoms with van der Waals surface area (Å²) in [6.07, 6.45) is 3.11. The van der Waals surface area contributed by atoms with Crippen molar-refractivity contribution in [2.24, 2.45) is 0 Å².